The van der Waals surface area contributed by atoms with E-state index in [1.807, 2.05) is 50.2 Å². The number of benzene rings is 2. The van der Waals surface area contributed by atoms with Gasteiger partial charge in [0.1, 0.15) is 6.61 Å². The minimum absolute atomic E-state index is 0.136. The highest BCUT2D eigenvalue weighted by Gasteiger charge is 2.09. The van der Waals surface area contributed by atoms with Gasteiger partial charge in [0.15, 0.2) is 0 Å². The largest absolute Gasteiger partial charge is 0.384 e. The van der Waals surface area contributed by atoms with Crippen molar-refractivity contribution in [1.82, 2.24) is 0 Å². The molecule has 3 nitrogen and oxygen atoms in total. The van der Waals surface area contributed by atoms with Gasteiger partial charge in [-0.2, -0.15) is 0 Å². The predicted octanol–water partition coefficient (Wildman–Crippen LogP) is 2.90. The summed E-state index contributed by atoms with van der Waals surface area (Å²) < 4.78 is 0. The summed E-state index contributed by atoms with van der Waals surface area (Å²) in [5, 5.41) is 11.6. The molecular weight excluding hydrogens is 262 g/mol. The molecule has 0 heterocycles. The zero-order valence-corrected chi connectivity index (χ0v) is 12.1. The van der Waals surface area contributed by atoms with E-state index in [0.717, 1.165) is 16.7 Å². The summed E-state index contributed by atoms with van der Waals surface area (Å²) in [7, 11) is 0. The summed E-state index contributed by atoms with van der Waals surface area (Å²) in [6.07, 6.45) is 0. The molecule has 0 spiro atoms. The third-order valence-electron chi connectivity index (χ3n) is 3.07. The second kappa shape index (κ2) is 6.74. The Labute approximate surface area is 124 Å². The molecule has 2 aromatic carbocycles. The molecule has 0 atom stereocenters. The monoisotopic (exact) mass is 279 g/mol. The van der Waals surface area contributed by atoms with Crippen molar-refractivity contribution < 1.29 is 9.90 Å². The van der Waals surface area contributed by atoms with E-state index in [0.29, 0.717) is 11.3 Å². The average Bonchev–Trinajstić information content (AvgIpc) is 2.48. The second-order valence-corrected chi connectivity index (χ2v) is 4.81. The van der Waals surface area contributed by atoms with Crippen molar-refractivity contribution in [2.75, 3.05) is 11.9 Å². The first-order valence-corrected chi connectivity index (χ1v) is 6.68. The minimum atomic E-state index is -0.181. The molecule has 0 aromatic heterocycles. The van der Waals surface area contributed by atoms with Crippen LogP contribution in [-0.2, 0) is 0 Å². The van der Waals surface area contributed by atoms with E-state index >= 15 is 0 Å². The van der Waals surface area contributed by atoms with E-state index in [1.54, 1.807) is 6.07 Å². The van der Waals surface area contributed by atoms with Crippen LogP contribution in [0.1, 0.15) is 27.0 Å². The average molecular weight is 279 g/mol. The standard InChI is InChI=1S/C18H17NO2/c1-13-8-9-14(2)17(11-13)18(21)19-16-7-3-5-15(12-16)6-4-10-20/h3,5,7-9,11-12,20H,10H2,1-2H3,(H,19,21). The first-order valence-electron chi connectivity index (χ1n) is 6.68. The summed E-state index contributed by atoms with van der Waals surface area (Å²) in [5.41, 5.74) is 4.10. The van der Waals surface area contributed by atoms with Gasteiger partial charge in [-0.15, -0.1) is 0 Å². The SMILES string of the molecule is Cc1ccc(C)c(C(=O)Nc2cccc(C#CCO)c2)c1. The van der Waals surface area contributed by atoms with Crippen molar-refractivity contribution in [2.24, 2.45) is 0 Å². The van der Waals surface area contributed by atoms with Crippen LogP contribution < -0.4 is 5.32 Å². The number of hydrogen-bond acceptors (Lipinski definition) is 2. The fourth-order valence-electron chi connectivity index (χ4n) is 2.00. The number of aryl methyl sites for hydroxylation is 2. The molecule has 0 aliphatic rings. The highest BCUT2D eigenvalue weighted by molar-refractivity contribution is 6.05. The zero-order chi connectivity index (χ0) is 15.2. The van der Waals surface area contributed by atoms with Gasteiger partial charge in [0.2, 0.25) is 0 Å². The number of aliphatic hydroxyl groups is 1. The Kier molecular flexibility index (Phi) is 4.76. The minimum Gasteiger partial charge on any atom is -0.384 e. The van der Waals surface area contributed by atoms with Gasteiger partial charge in [0.05, 0.1) is 0 Å². The van der Waals surface area contributed by atoms with Crippen LogP contribution in [0, 0.1) is 25.7 Å². The maximum absolute atomic E-state index is 12.3. The second-order valence-electron chi connectivity index (χ2n) is 4.81. The van der Waals surface area contributed by atoms with Gasteiger partial charge in [-0.25, -0.2) is 0 Å². The van der Waals surface area contributed by atoms with Crippen molar-refractivity contribution >= 4 is 11.6 Å². The lowest BCUT2D eigenvalue weighted by Crippen LogP contribution is -2.13. The maximum atomic E-state index is 12.3. The molecule has 0 aliphatic carbocycles. The van der Waals surface area contributed by atoms with Crippen LogP contribution in [0.15, 0.2) is 42.5 Å². The van der Waals surface area contributed by atoms with E-state index in [-0.39, 0.29) is 12.5 Å². The molecule has 1 amide bonds. The smallest absolute Gasteiger partial charge is 0.255 e. The zero-order valence-electron chi connectivity index (χ0n) is 12.1. The van der Waals surface area contributed by atoms with Crippen molar-refractivity contribution in [3.63, 3.8) is 0 Å². The molecule has 106 valence electrons. The van der Waals surface area contributed by atoms with Crippen molar-refractivity contribution in [2.45, 2.75) is 13.8 Å². The molecular formula is C18H17NO2. The maximum Gasteiger partial charge on any atom is 0.255 e. The lowest BCUT2D eigenvalue weighted by molar-refractivity contribution is 0.102. The van der Waals surface area contributed by atoms with Gasteiger partial charge in [-0.1, -0.05) is 35.6 Å². The number of anilines is 1. The highest BCUT2D eigenvalue weighted by Crippen LogP contribution is 2.15. The molecule has 2 N–H and O–H groups in total. The van der Waals surface area contributed by atoms with Crippen molar-refractivity contribution in [1.29, 1.82) is 0 Å². The molecule has 2 rings (SSSR count). The van der Waals surface area contributed by atoms with Gasteiger partial charge in [0.25, 0.3) is 5.91 Å². The fraction of sp³-hybridized carbons (Fsp3) is 0.167. The Bertz CT molecular complexity index is 723. The number of nitrogens with one attached hydrogen (secondary N) is 1. The third-order valence-corrected chi connectivity index (χ3v) is 3.07. The van der Waals surface area contributed by atoms with E-state index in [2.05, 4.69) is 17.2 Å². The first-order chi connectivity index (χ1) is 10.1. The summed E-state index contributed by atoms with van der Waals surface area (Å²) in [5.74, 6) is 5.27. The Morgan fingerprint density at radius 3 is 2.76 bits per heavy atom. The van der Waals surface area contributed by atoms with Crippen molar-refractivity contribution in [3.8, 4) is 11.8 Å². The summed E-state index contributed by atoms with van der Waals surface area (Å²) in [6, 6.07) is 13.0. The lowest BCUT2D eigenvalue weighted by Gasteiger charge is -2.09. The van der Waals surface area contributed by atoms with Crippen molar-refractivity contribution in [3.05, 3.63) is 64.7 Å². The van der Waals surface area contributed by atoms with Gasteiger partial charge in [0, 0.05) is 16.8 Å². The van der Waals surface area contributed by atoms with Gasteiger partial charge in [-0.3, -0.25) is 4.79 Å². The Hall–Kier alpha value is -2.57. The lowest BCUT2D eigenvalue weighted by atomic mass is 10.0. The first kappa shape index (κ1) is 14.8. The molecule has 0 radical (unpaired) electrons. The molecule has 2 aromatic rings. The van der Waals surface area contributed by atoms with E-state index in [9.17, 15) is 4.79 Å². The molecule has 0 fully saturated rings. The molecule has 0 unspecified atom stereocenters. The Balaban J connectivity index is 2.21. The number of aliphatic hydroxyl groups excluding tert-OH is 1. The molecule has 0 aliphatic heterocycles. The van der Waals surface area contributed by atoms with Crippen LogP contribution in [0.4, 0.5) is 5.69 Å². The number of carbonyl (C=O) groups excluding carboxylic acids is 1. The van der Waals surface area contributed by atoms with Crippen LogP contribution in [0.25, 0.3) is 0 Å². The molecule has 0 saturated carbocycles. The highest BCUT2D eigenvalue weighted by atomic mass is 16.2. The predicted molar refractivity (Wildman–Crippen MR) is 84.3 cm³/mol. The summed E-state index contributed by atoms with van der Waals surface area (Å²) in [6.45, 7) is 3.69. The van der Waals surface area contributed by atoms with E-state index < -0.39 is 0 Å². The van der Waals surface area contributed by atoms with Gasteiger partial charge < -0.3 is 10.4 Å². The normalized spacial score (nSPS) is 9.67. The summed E-state index contributed by atoms with van der Waals surface area (Å²) in [4.78, 5) is 12.3. The fourth-order valence-corrected chi connectivity index (χ4v) is 2.00. The Morgan fingerprint density at radius 2 is 2.00 bits per heavy atom. The van der Waals surface area contributed by atoms with Crippen LogP contribution in [0.2, 0.25) is 0 Å². The Morgan fingerprint density at radius 1 is 1.19 bits per heavy atom. The van der Waals surface area contributed by atoms with Crippen LogP contribution in [0.5, 0.6) is 0 Å². The molecule has 3 heteroatoms. The number of hydrogen-bond donors (Lipinski definition) is 2. The number of rotatable bonds is 2. The van der Waals surface area contributed by atoms with Crippen LogP contribution in [-0.4, -0.2) is 17.6 Å². The van der Waals surface area contributed by atoms with E-state index in [1.165, 1.54) is 0 Å². The number of carbonyl (C=O) groups is 1. The quantitative estimate of drug-likeness (QED) is 0.830. The number of amides is 1. The summed E-state index contributed by atoms with van der Waals surface area (Å²) >= 11 is 0. The van der Waals surface area contributed by atoms with Crippen LogP contribution in [0.3, 0.4) is 0 Å². The molecule has 21 heavy (non-hydrogen) atoms. The molecule has 0 saturated heterocycles. The van der Waals surface area contributed by atoms with Gasteiger partial charge >= 0.3 is 0 Å². The topological polar surface area (TPSA) is 49.3 Å². The van der Waals surface area contributed by atoms with E-state index in [4.69, 9.17) is 5.11 Å². The molecule has 0 bridgehead atoms. The van der Waals surface area contributed by atoms with Gasteiger partial charge in [-0.05, 0) is 43.7 Å². The van der Waals surface area contributed by atoms with Crippen LogP contribution >= 0.6 is 0 Å². The third kappa shape index (κ3) is 3.95.